The third-order valence-corrected chi connectivity index (χ3v) is 7.51. The average Bonchev–Trinajstić information content (AvgIpc) is 3.37. The molecule has 0 bridgehead atoms. The SMILES string of the molecule is NC(Cc1ccc(-c2csc3c(O[C@H](c4ccc(Cl)cc4-c4cccc(F)c4)C(F)(F)F)ncnc23)cc1)C(=O)O. The number of hydrogen-bond acceptors (Lipinski definition) is 6. The number of thiophene rings is 1. The lowest BCUT2D eigenvalue weighted by Gasteiger charge is -2.24. The highest BCUT2D eigenvalue weighted by molar-refractivity contribution is 7.18. The van der Waals surface area contributed by atoms with Gasteiger partial charge in [-0.3, -0.25) is 4.79 Å². The fraction of sp³-hybridized carbons (Fsp3) is 0.138. The number of fused-ring (bicyclic) bond motifs is 1. The second-order valence-corrected chi connectivity index (χ2v) is 10.4. The number of aromatic nitrogens is 2. The van der Waals surface area contributed by atoms with Crippen molar-refractivity contribution in [1.82, 2.24) is 9.97 Å². The predicted molar refractivity (Wildman–Crippen MR) is 148 cm³/mol. The van der Waals surface area contributed by atoms with Crippen molar-refractivity contribution in [3.63, 3.8) is 0 Å². The number of halogens is 5. The van der Waals surface area contributed by atoms with Gasteiger partial charge in [0, 0.05) is 21.5 Å². The van der Waals surface area contributed by atoms with Gasteiger partial charge in [0.25, 0.3) is 0 Å². The molecule has 0 aliphatic carbocycles. The number of carboxylic acid groups (broad SMARTS) is 1. The predicted octanol–water partition coefficient (Wildman–Crippen LogP) is 7.45. The molecule has 0 radical (unpaired) electrons. The summed E-state index contributed by atoms with van der Waals surface area (Å²) >= 11 is 7.23. The van der Waals surface area contributed by atoms with E-state index in [2.05, 4.69) is 9.97 Å². The number of ether oxygens (including phenoxy) is 1. The van der Waals surface area contributed by atoms with Gasteiger partial charge in [0.2, 0.25) is 12.0 Å². The van der Waals surface area contributed by atoms with Gasteiger partial charge in [0.05, 0.1) is 5.52 Å². The zero-order chi connectivity index (χ0) is 29.3. The Morgan fingerprint density at radius 1 is 1.02 bits per heavy atom. The molecule has 0 saturated heterocycles. The van der Waals surface area contributed by atoms with Gasteiger partial charge in [-0.1, -0.05) is 54.1 Å². The summed E-state index contributed by atoms with van der Waals surface area (Å²) in [6.07, 6.45) is -6.04. The van der Waals surface area contributed by atoms with Crippen LogP contribution in [0.4, 0.5) is 17.6 Å². The highest BCUT2D eigenvalue weighted by Gasteiger charge is 2.45. The normalized spacial score (nSPS) is 13.2. The second-order valence-electron chi connectivity index (χ2n) is 9.13. The van der Waals surface area contributed by atoms with E-state index in [0.717, 1.165) is 23.7 Å². The third-order valence-electron chi connectivity index (χ3n) is 6.32. The average molecular weight is 602 g/mol. The van der Waals surface area contributed by atoms with E-state index in [0.29, 0.717) is 26.9 Å². The number of rotatable bonds is 8. The Kier molecular flexibility index (Phi) is 7.94. The molecule has 3 aromatic carbocycles. The van der Waals surface area contributed by atoms with Gasteiger partial charge in [-0.05, 0) is 52.9 Å². The quantitative estimate of drug-likeness (QED) is 0.179. The van der Waals surface area contributed by atoms with Crippen LogP contribution < -0.4 is 10.5 Å². The van der Waals surface area contributed by atoms with Crippen molar-refractivity contribution in [2.75, 3.05) is 0 Å². The molecule has 0 saturated carbocycles. The molecular formula is C29H20ClF4N3O3S. The van der Waals surface area contributed by atoms with Crippen LogP contribution in [0.5, 0.6) is 5.88 Å². The molecule has 210 valence electrons. The summed E-state index contributed by atoms with van der Waals surface area (Å²) in [6.45, 7) is 0. The zero-order valence-electron chi connectivity index (χ0n) is 20.9. The van der Waals surface area contributed by atoms with Crippen LogP contribution in [0.25, 0.3) is 32.5 Å². The van der Waals surface area contributed by atoms with Gasteiger partial charge in [-0.2, -0.15) is 13.2 Å². The number of benzene rings is 3. The number of aliphatic carboxylic acids is 1. The summed E-state index contributed by atoms with van der Waals surface area (Å²) in [4.78, 5) is 19.3. The summed E-state index contributed by atoms with van der Waals surface area (Å²) in [5, 5.41) is 10.9. The van der Waals surface area contributed by atoms with E-state index in [4.69, 9.17) is 27.2 Å². The van der Waals surface area contributed by atoms with Gasteiger partial charge in [-0.15, -0.1) is 11.3 Å². The van der Waals surface area contributed by atoms with E-state index < -0.39 is 30.1 Å². The fourth-order valence-electron chi connectivity index (χ4n) is 4.36. The van der Waals surface area contributed by atoms with Crippen LogP contribution in [-0.4, -0.2) is 33.3 Å². The van der Waals surface area contributed by atoms with Crippen LogP contribution in [0.15, 0.2) is 78.4 Å². The van der Waals surface area contributed by atoms with Crippen LogP contribution in [0.1, 0.15) is 17.2 Å². The molecule has 12 heteroatoms. The minimum absolute atomic E-state index is 0.0687. The van der Waals surface area contributed by atoms with Gasteiger partial charge in [0.15, 0.2) is 0 Å². The molecule has 2 aromatic heterocycles. The van der Waals surface area contributed by atoms with Gasteiger partial charge in [0.1, 0.15) is 22.9 Å². The Balaban J connectivity index is 1.52. The van der Waals surface area contributed by atoms with Crippen LogP contribution in [0.2, 0.25) is 5.02 Å². The number of carbonyl (C=O) groups is 1. The van der Waals surface area contributed by atoms with Gasteiger partial charge >= 0.3 is 12.1 Å². The van der Waals surface area contributed by atoms with E-state index >= 15 is 0 Å². The summed E-state index contributed by atoms with van der Waals surface area (Å²) < 4.78 is 63.3. The molecule has 5 aromatic rings. The molecule has 0 aliphatic rings. The molecule has 2 heterocycles. The first-order valence-electron chi connectivity index (χ1n) is 12.1. The topological polar surface area (TPSA) is 98.3 Å². The van der Waals surface area contributed by atoms with E-state index in [-0.39, 0.29) is 34.0 Å². The smallest absolute Gasteiger partial charge is 0.429 e. The van der Waals surface area contributed by atoms with Crippen molar-refractivity contribution >= 4 is 39.1 Å². The highest BCUT2D eigenvalue weighted by Crippen LogP contribution is 2.44. The molecule has 0 aliphatic heterocycles. The van der Waals surface area contributed by atoms with E-state index in [1.54, 1.807) is 29.6 Å². The largest absolute Gasteiger partial charge is 0.480 e. The molecule has 3 N–H and O–H groups in total. The molecule has 0 amide bonds. The third kappa shape index (κ3) is 6.17. The molecule has 2 atom stereocenters. The summed E-state index contributed by atoms with van der Waals surface area (Å²) in [6, 6.07) is 15.0. The van der Waals surface area contributed by atoms with Crippen LogP contribution in [0.3, 0.4) is 0 Å². The maximum absolute atomic E-state index is 14.5. The van der Waals surface area contributed by atoms with Crippen molar-refractivity contribution in [2.45, 2.75) is 24.7 Å². The first kappa shape index (κ1) is 28.5. The van der Waals surface area contributed by atoms with E-state index in [9.17, 15) is 22.4 Å². The molecule has 0 fully saturated rings. The van der Waals surface area contributed by atoms with Crippen LogP contribution in [0, 0.1) is 5.82 Å². The lowest BCUT2D eigenvalue weighted by molar-refractivity contribution is -0.198. The maximum atomic E-state index is 14.5. The minimum Gasteiger partial charge on any atom is -0.480 e. The first-order chi connectivity index (χ1) is 19.5. The lowest BCUT2D eigenvalue weighted by atomic mass is 9.95. The van der Waals surface area contributed by atoms with Crippen LogP contribution in [-0.2, 0) is 11.2 Å². The van der Waals surface area contributed by atoms with Crippen molar-refractivity contribution in [1.29, 1.82) is 0 Å². The molecule has 0 spiro atoms. The van der Waals surface area contributed by atoms with E-state index in [1.807, 2.05) is 0 Å². The standard InChI is InChI=1S/C29H20ClF4N3O3S/c30-18-8-9-20(21(12-18)17-2-1-3-19(31)11-17)26(29(32,33)34)40-27-25-24(36-14-37-27)22(13-41-25)16-6-4-15(5-7-16)10-23(35)28(38)39/h1-9,11-14,23,26H,10,35H2,(H,38,39)/t23?,26-/m1/s1. The Labute approximate surface area is 240 Å². The van der Waals surface area contributed by atoms with Crippen LogP contribution >= 0.6 is 22.9 Å². The Bertz CT molecular complexity index is 1730. The Morgan fingerprint density at radius 3 is 2.46 bits per heavy atom. The number of carboxylic acids is 1. The Morgan fingerprint density at radius 2 is 1.78 bits per heavy atom. The van der Waals surface area contributed by atoms with Gasteiger partial charge < -0.3 is 15.6 Å². The van der Waals surface area contributed by atoms with Gasteiger partial charge in [-0.25, -0.2) is 14.4 Å². The van der Waals surface area contributed by atoms with E-state index in [1.165, 1.54) is 36.4 Å². The molecular weight excluding hydrogens is 582 g/mol. The summed E-state index contributed by atoms with van der Waals surface area (Å²) in [5.74, 6) is -1.99. The number of nitrogens with zero attached hydrogens (tertiary/aromatic N) is 2. The summed E-state index contributed by atoms with van der Waals surface area (Å²) in [7, 11) is 0. The lowest BCUT2D eigenvalue weighted by Crippen LogP contribution is -2.32. The minimum atomic E-state index is -4.86. The molecule has 1 unspecified atom stereocenters. The molecule has 41 heavy (non-hydrogen) atoms. The maximum Gasteiger partial charge on any atom is 0.429 e. The van der Waals surface area contributed by atoms with Crippen molar-refractivity contribution < 1.29 is 32.2 Å². The number of nitrogens with two attached hydrogens (primary N) is 1. The Hall–Kier alpha value is -4.06. The molecule has 5 rings (SSSR count). The van der Waals surface area contributed by atoms with Crippen molar-refractivity contribution in [3.8, 4) is 28.1 Å². The number of alkyl halides is 3. The number of hydrogen-bond donors (Lipinski definition) is 2. The second kappa shape index (κ2) is 11.4. The molecule has 6 nitrogen and oxygen atoms in total. The fourth-order valence-corrected chi connectivity index (χ4v) is 5.49. The zero-order valence-corrected chi connectivity index (χ0v) is 22.5. The van der Waals surface area contributed by atoms with Crippen molar-refractivity contribution in [3.05, 3.63) is 100 Å². The van der Waals surface area contributed by atoms with Crippen molar-refractivity contribution in [2.24, 2.45) is 5.73 Å². The monoisotopic (exact) mass is 601 g/mol. The highest BCUT2D eigenvalue weighted by atomic mass is 35.5. The first-order valence-corrected chi connectivity index (χ1v) is 13.4. The summed E-state index contributed by atoms with van der Waals surface area (Å²) in [5.41, 5.74) is 8.08.